The van der Waals surface area contributed by atoms with Crippen LogP contribution in [-0.2, 0) is 24.8 Å². The topological polar surface area (TPSA) is 107 Å². The Morgan fingerprint density at radius 3 is 2.64 bits per heavy atom. The fraction of sp³-hybridized carbons (Fsp3) is 0.455. The van der Waals surface area contributed by atoms with Crippen LogP contribution in [0.4, 0.5) is 0 Å². The van der Waals surface area contributed by atoms with E-state index in [0.717, 1.165) is 25.2 Å². The first-order chi connectivity index (χ1) is 15.8. The van der Waals surface area contributed by atoms with Gasteiger partial charge in [0.1, 0.15) is 11.3 Å². The van der Waals surface area contributed by atoms with Gasteiger partial charge < -0.3 is 14.8 Å². The molecule has 0 saturated carbocycles. The minimum atomic E-state index is -0.531. The molecule has 0 bridgehead atoms. The Kier molecular flexibility index (Phi) is 7.21. The zero-order chi connectivity index (χ0) is 23.5. The molecule has 0 unspecified atom stereocenters. The zero-order valence-corrected chi connectivity index (χ0v) is 19.9. The van der Waals surface area contributed by atoms with Gasteiger partial charge in [-0.3, -0.25) is 19.1 Å². The first kappa shape index (κ1) is 23.5. The van der Waals surface area contributed by atoms with Crippen molar-refractivity contribution in [3.63, 3.8) is 0 Å². The maximum atomic E-state index is 13.2. The molecule has 1 saturated heterocycles. The lowest BCUT2D eigenvalue weighted by atomic mass is 10.2. The number of likely N-dealkylation sites (tertiary alicyclic amines) is 1. The van der Waals surface area contributed by atoms with Gasteiger partial charge in [-0.05, 0) is 43.6 Å². The number of amides is 1. The number of fused-ring (bicyclic) bond motifs is 1. The van der Waals surface area contributed by atoms with Gasteiger partial charge in [0.15, 0.2) is 5.65 Å². The van der Waals surface area contributed by atoms with Crippen molar-refractivity contribution in [2.75, 3.05) is 26.2 Å². The lowest BCUT2D eigenvalue weighted by Gasteiger charge is -2.26. The molecule has 3 aromatic rings. The Labute approximate surface area is 200 Å². The van der Waals surface area contributed by atoms with Crippen LogP contribution in [0.15, 0.2) is 27.8 Å². The fourth-order valence-electron chi connectivity index (χ4n) is 4.07. The molecule has 4 rings (SSSR count). The van der Waals surface area contributed by atoms with Crippen LogP contribution in [0.2, 0.25) is 10.0 Å². The highest BCUT2D eigenvalue weighted by atomic mass is 35.5. The molecule has 1 aliphatic heterocycles. The Morgan fingerprint density at radius 1 is 1.15 bits per heavy atom. The third kappa shape index (κ3) is 5.48. The van der Waals surface area contributed by atoms with Gasteiger partial charge in [0, 0.05) is 39.5 Å². The van der Waals surface area contributed by atoms with E-state index in [-0.39, 0.29) is 23.5 Å². The van der Waals surface area contributed by atoms with E-state index in [1.165, 1.54) is 24.5 Å². The molecule has 0 spiro atoms. The van der Waals surface area contributed by atoms with E-state index in [1.807, 2.05) is 11.0 Å². The predicted octanol–water partition coefficient (Wildman–Crippen LogP) is 2.31. The molecule has 1 amide bonds. The third-order valence-electron chi connectivity index (χ3n) is 5.97. The van der Waals surface area contributed by atoms with Crippen molar-refractivity contribution in [2.45, 2.75) is 32.2 Å². The Morgan fingerprint density at radius 2 is 1.91 bits per heavy atom. The highest BCUT2D eigenvalue weighted by Crippen LogP contribution is 2.23. The van der Waals surface area contributed by atoms with Crippen LogP contribution in [0.25, 0.3) is 11.2 Å². The second-order valence-electron chi connectivity index (χ2n) is 8.31. The number of imidazole rings is 1. The molecule has 3 heterocycles. The molecule has 0 aliphatic carbocycles. The molecule has 33 heavy (non-hydrogen) atoms. The summed E-state index contributed by atoms with van der Waals surface area (Å²) in [4.78, 5) is 50.7. The average molecular weight is 493 g/mol. The quantitative estimate of drug-likeness (QED) is 0.501. The summed E-state index contributed by atoms with van der Waals surface area (Å²) in [6.45, 7) is 3.96. The summed E-state index contributed by atoms with van der Waals surface area (Å²) < 4.78 is 1.27. The number of halogens is 2. The number of hydrogen-bond acceptors (Lipinski definition) is 5. The number of carbonyl (C=O) groups excluding carboxylic acids is 1. The average Bonchev–Trinajstić information content (AvgIpc) is 3.46. The number of aromatic amines is 2. The molecule has 1 fully saturated rings. The molecule has 11 heteroatoms. The first-order valence-electron chi connectivity index (χ1n) is 10.9. The van der Waals surface area contributed by atoms with Crippen LogP contribution in [0.1, 0.15) is 30.7 Å². The van der Waals surface area contributed by atoms with Crippen LogP contribution < -0.4 is 11.2 Å². The van der Waals surface area contributed by atoms with Crippen molar-refractivity contribution in [1.29, 1.82) is 0 Å². The van der Waals surface area contributed by atoms with E-state index in [4.69, 9.17) is 23.2 Å². The van der Waals surface area contributed by atoms with Crippen molar-refractivity contribution >= 4 is 40.3 Å². The maximum Gasteiger partial charge on any atom is 0.329 e. The molecule has 0 atom stereocenters. The predicted molar refractivity (Wildman–Crippen MR) is 128 cm³/mol. The smallest absolute Gasteiger partial charge is 0.329 e. The van der Waals surface area contributed by atoms with Crippen molar-refractivity contribution in [3.05, 3.63) is 60.5 Å². The minimum absolute atomic E-state index is 0.0245. The van der Waals surface area contributed by atoms with Gasteiger partial charge in [-0.25, -0.2) is 9.78 Å². The lowest BCUT2D eigenvalue weighted by molar-refractivity contribution is -0.132. The number of aromatic nitrogens is 4. The monoisotopic (exact) mass is 492 g/mol. The summed E-state index contributed by atoms with van der Waals surface area (Å²) in [5.74, 6) is 0.461. The van der Waals surface area contributed by atoms with Crippen molar-refractivity contribution < 1.29 is 4.79 Å². The lowest BCUT2D eigenvalue weighted by Crippen LogP contribution is -2.37. The third-order valence-corrected chi connectivity index (χ3v) is 6.71. The van der Waals surface area contributed by atoms with E-state index in [2.05, 4.69) is 19.9 Å². The fourth-order valence-corrected chi connectivity index (χ4v) is 4.39. The van der Waals surface area contributed by atoms with Gasteiger partial charge in [0.05, 0.1) is 10.0 Å². The molecule has 2 N–H and O–H groups in total. The SMILES string of the molecule is Cn1c(=O)[nH]c(=O)c2[nH]c(CCC(=O)N(CCN3CCCC3)Cc3ccc(Cl)c(Cl)c3)nc21. The standard InChI is InChI=1S/C22H26Cl2N6O3/c1-28-20-19(21(32)27-22(28)33)25-17(26-20)6-7-18(31)30(11-10-29-8-2-3-9-29)13-14-4-5-15(23)16(24)12-14/h4-5,12H,2-3,6-11,13H2,1H3,(H,25,26)(H,27,32,33). The second kappa shape index (κ2) is 10.1. The Balaban J connectivity index is 1.47. The van der Waals surface area contributed by atoms with Crippen LogP contribution in [0.3, 0.4) is 0 Å². The molecule has 1 aliphatic rings. The van der Waals surface area contributed by atoms with E-state index in [0.29, 0.717) is 35.4 Å². The van der Waals surface area contributed by atoms with Crippen LogP contribution >= 0.6 is 23.2 Å². The Hall–Kier alpha value is -2.62. The summed E-state index contributed by atoms with van der Waals surface area (Å²) in [6, 6.07) is 5.39. The van der Waals surface area contributed by atoms with Crippen molar-refractivity contribution in [3.8, 4) is 0 Å². The van der Waals surface area contributed by atoms with Gasteiger partial charge >= 0.3 is 5.69 Å². The second-order valence-corrected chi connectivity index (χ2v) is 9.13. The summed E-state index contributed by atoms with van der Waals surface area (Å²) in [5.41, 5.74) is 0.347. The summed E-state index contributed by atoms with van der Waals surface area (Å²) in [7, 11) is 1.54. The summed E-state index contributed by atoms with van der Waals surface area (Å²) >= 11 is 12.2. The number of nitrogens with one attached hydrogen (secondary N) is 2. The van der Waals surface area contributed by atoms with Gasteiger partial charge in [0.2, 0.25) is 5.91 Å². The van der Waals surface area contributed by atoms with E-state index in [9.17, 15) is 14.4 Å². The van der Waals surface area contributed by atoms with Crippen molar-refractivity contribution in [1.82, 2.24) is 29.3 Å². The number of H-pyrrole nitrogens is 2. The van der Waals surface area contributed by atoms with Gasteiger partial charge in [-0.2, -0.15) is 0 Å². The number of aryl methyl sites for hydroxylation is 2. The number of hydrogen-bond donors (Lipinski definition) is 2. The molecule has 1 aromatic carbocycles. The number of carbonyl (C=O) groups is 1. The minimum Gasteiger partial charge on any atom is -0.337 e. The number of benzene rings is 1. The number of rotatable bonds is 8. The summed E-state index contributed by atoms with van der Waals surface area (Å²) in [5, 5.41) is 0.934. The van der Waals surface area contributed by atoms with Crippen LogP contribution in [-0.4, -0.2) is 61.4 Å². The first-order valence-corrected chi connectivity index (χ1v) is 11.7. The molecule has 176 valence electrons. The zero-order valence-electron chi connectivity index (χ0n) is 18.4. The van der Waals surface area contributed by atoms with Crippen LogP contribution in [0.5, 0.6) is 0 Å². The summed E-state index contributed by atoms with van der Waals surface area (Å²) in [6.07, 6.45) is 2.92. The van der Waals surface area contributed by atoms with Crippen LogP contribution in [0, 0.1) is 0 Å². The molecular formula is C22H26Cl2N6O3. The molecular weight excluding hydrogens is 467 g/mol. The highest BCUT2D eigenvalue weighted by molar-refractivity contribution is 6.42. The number of nitrogens with zero attached hydrogens (tertiary/aromatic N) is 4. The Bertz CT molecular complexity index is 1280. The molecule has 9 nitrogen and oxygen atoms in total. The maximum absolute atomic E-state index is 13.2. The molecule has 2 aromatic heterocycles. The van der Waals surface area contributed by atoms with E-state index in [1.54, 1.807) is 12.1 Å². The van der Waals surface area contributed by atoms with Crippen molar-refractivity contribution in [2.24, 2.45) is 7.05 Å². The normalized spacial score (nSPS) is 14.3. The van der Waals surface area contributed by atoms with Gasteiger partial charge in [-0.15, -0.1) is 0 Å². The van der Waals surface area contributed by atoms with Gasteiger partial charge in [-0.1, -0.05) is 29.3 Å². The van der Waals surface area contributed by atoms with E-state index < -0.39 is 11.2 Å². The van der Waals surface area contributed by atoms with E-state index >= 15 is 0 Å². The largest absolute Gasteiger partial charge is 0.337 e. The van der Waals surface area contributed by atoms with Gasteiger partial charge in [0.25, 0.3) is 5.56 Å². The molecule has 0 radical (unpaired) electrons. The highest BCUT2D eigenvalue weighted by Gasteiger charge is 2.19.